The van der Waals surface area contributed by atoms with Crippen LogP contribution in [0.15, 0.2) is 12.3 Å². The quantitative estimate of drug-likeness (QED) is 0.740. The molecule has 2 heterocycles. The molecule has 2 rings (SSSR count). The Bertz CT molecular complexity index is 377. The smallest absolute Gasteiger partial charge is 0.274 e. The van der Waals surface area contributed by atoms with E-state index in [4.69, 9.17) is 0 Å². The first-order valence-electron chi connectivity index (χ1n) is 5.62. The van der Waals surface area contributed by atoms with Crippen LogP contribution in [0.1, 0.15) is 24.3 Å². The van der Waals surface area contributed by atoms with E-state index >= 15 is 0 Å². The number of hydrogen-bond donors (Lipinski definition) is 1. The number of nitrogens with one attached hydrogen (secondary N) is 1. The fraction of sp³-hybridized carbons (Fsp3) is 0.636. The molecule has 1 aliphatic heterocycles. The summed E-state index contributed by atoms with van der Waals surface area (Å²) in [6.45, 7) is 5.82. The molecule has 1 aliphatic rings. The van der Waals surface area contributed by atoms with Crippen molar-refractivity contribution in [3.63, 3.8) is 0 Å². The van der Waals surface area contributed by atoms with Crippen molar-refractivity contribution in [1.29, 1.82) is 0 Å². The van der Waals surface area contributed by atoms with Gasteiger partial charge in [0.2, 0.25) is 0 Å². The summed E-state index contributed by atoms with van der Waals surface area (Å²) in [6, 6.07) is 2.21. The van der Waals surface area contributed by atoms with Crippen LogP contribution >= 0.6 is 0 Å². The molecule has 88 valence electrons. The van der Waals surface area contributed by atoms with Crippen LogP contribution in [0.5, 0.6) is 0 Å². The van der Waals surface area contributed by atoms with Gasteiger partial charge in [0.15, 0.2) is 0 Å². The second-order valence-electron chi connectivity index (χ2n) is 4.44. The third-order valence-electron chi connectivity index (χ3n) is 3.00. The lowest BCUT2D eigenvalue weighted by molar-refractivity contribution is 0.0537. The molecule has 16 heavy (non-hydrogen) atoms. The molecular formula is C11H18N4O. The molecule has 0 bridgehead atoms. The highest BCUT2D eigenvalue weighted by Crippen LogP contribution is 2.13. The van der Waals surface area contributed by atoms with E-state index in [1.807, 2.05) is 11.9 Å². The molecular weight excluding hydrogens is 204 g/mol. The van der Waals surface area contributed by atoms with Crippen LogP contribution in [-0.2, 0) is 7.05 Å². The molecule has 0 spiro atoms. The Morgan fingerprint density at radius 2 is 2.06 bits per heavy atom. The summed E-state index contributed by atoms with van der Waals surface area (Å²) in [5, 5.41) is 7.47. The minimum atomic E-state index is 0.0297. The molecule has 1 N–H and O–H groups in total. The topological polar surface area (TPSA) is 50.2 Å². The monoisotopic (exact) mass is 222 g/mol. The molecule has 0 aliphatic carbocycles. The minimum absolute atomic E-state index is 0.0297. The van der Waals surface area contributed by atoms with Crippen LogP contribution in [0.25, 0.3) is 0 Å². The zero-order chi connectivity index (χ0) is 11.7. The van der Waals surface area contributed by atoms with Gasteiger partial charge >= 0.3 is 0 Å². The number of hydrogen-bond acceptors (Lipinski definition) is 3. The third-order valence-corrected chi connectivity index (χ3v) is 3.00. The maximum absolute atomic E-state index is 12.3. The van der Waals surface area contributed by atoms with Crippen molar-refractivity contribution in [1.82, 2.24) is 20.0 Å². The zero-order valence-corrected chi connectivity index (χ0v) is 9.97. The van der Waals surface area contributed by atoms with Crippen molar-refractivity contribution in [3.05, 3.63) is 18.0 Å². The van der Waals surface area contributed by atoms with Gasteiger partial charge in [-0.05, 0) is 19.9 Å². The molecule has 0 radical (unpaired) electrons. The van der Waals surface area contributed by atoms with Gasteiger partial charge in [-0.3, -0.25) is 9.48 Å². The number of amides is 1. The van der Waals surface area contributed by atoms with E-state index in [-0.39, 0.29) is 18.0 Å². The van der Waals surface area contributed by atoms with Crippen molar-refractivity contribution in [2.24, 2.45) is 7.05 Å². The molecule has 1 aromatic heterocycles. The molecule has 2 atom stereocenters. The molecule has 1 amide bonds. The van der Waals surface area contributed by atoms with Crippen LogP contribution < -0.4 is 5.32 Å². The predicted molar refractivity (Wildman–Crippen MR) is 61.2 cm³/mol. The van der Waals surface area contributed by atoms with E-state index in [0.717, 1.165) is 13.1 Å². The summed E-state index contributed by atoms with van der Waals surface area (Å²) < 4.78 is 1.66. The average molecular weight is 222 g/mol. The number of nitrogens with zero attached hydrogens (tertiary/aromatic N) is 3. The van der Waals surface area contributed by atoms with Crippen molar-refractivity contribution in [2.45, 2.75) is 25.9 Å². The molecule has 0 aromatic carbocycles. The second kappa shape index (κ2) is 4.25. The van der Waals surface area contributed by atoms with Gasteiger partial charge in [0.05, 0.1) is 0 Å². The second-order valence-corrected chi connectivity index (χ2v) is 4.44. The largest absolute Gasteiger partial charge is 0.329 e. The summed E-state index contributed by atoms with van der Waals surface area (Å²) in [5.41, 5.74) is 0.531. The Kier molecular flexibility index (Phi) is 2.96. The SMILES string of the molecule is CC1CNCC(C)N1C(=O)c1ccn(C)n1. The third kappa shape index (κ3) is 1.95. The van der Waals surface area contributed by atoms with Crippen LogP contribution in [0.2, 0.25) is 0 Å². The van der Waals surface area contributed by atoms with Crippen LogP contribution in [0, 0.1) is 0 Å². The van der Waals surface area contributed by atoms with Crippen LogP contribution in [0.4, 0.5) is 0 Å². The lowest BCUT2D eigenvalue weighted by Gasteiger charge is -2.39. The molecule has 0 saturated carbocycles. The highest BCUT2D eigenvalue weighted by Gasteiger charge is 2.30. The normalized spacial score (nSPS) is 25.8. The number of aryl methyl sites for hydroxylation is 1. The first-order chi connectivity index (χ1) is 7.59. The fourth-order valence-electron chi connectivity index (χ4n) is 2.19. The summed E-state index contributed by atoms with van der Waals surface area (Å²) in [6.07, 6.45) is 1.80. The molecule has 5 heteroatoms. The van der Waals surface area contributed by atoms with Gasteiger partial charge in [-0.2, -0.15) is 5.10 Å². The molecule has 1 aromatic rings. The Hall–Kier alpha value is -1.36. The number of rotatable bonds is 1. The number of piperazine rings is 1. The van der Waals surface area contributed by atoms with E-state index < -0.39 is 0 Å². The van der Waals surface area contributed by atoms with Crippen molar-refractivity contribution < 1.29 is 4.79 Å². The number of aromatic nitrogens is 2. The van der Waals surface area contributed by atoms with E-state index in [0.29, 0.717) is 5.69 Å². The Morgan fingerprint density at radius 3 is 2.56 bits per heavy atom. The van der Waals surface area contributed by atoms with Crippen molar-refractivity contribution >= 4 is 5.91 Å². The van der Waals surface area contributed by atoms with E-state index in [1.54, 1.807) is 16.9 Å². The highest BCUT2D eigenvalue weighted by atomic mass is 16.2. The Labute approximate surface area is 95.4 Å². The van der Waals surface area contributed by atoms with Gasteiger partial charge in [0, 0.05) is 38.4 Å². The number of carbonyl (C=O) groups excluding carboxylic acids is 1. The van der Waals surface area contributed by atoms with Gasteiger partial charge in [0.25, 0.3) is 5.91 Å². The van der Waals surface area contributed by atoms with E-state index in [2.05, 4.69) is 24.3 Å². The first kappa shape index (κ1) is 11.1. The van der Waals surface area contributed by atoms with Crippen molar-refractivity contribution in [3.8, 4) is 0 Å². The Morgan fingerprint density at radius 1 is 1.44 bits per heavy atom. The fourth-order valence-corrected chi connectivity index (χ4v) is 2.19. The number of carbonyl (C=O) groups is 1. The average Bonchev–Trinajstić information content (AvgIpc) is 2.64. The standard InChI is InChI=1S/C11H18N4O/c1-8-6-12-7-9(2)15(8)11(16)10-4-5-14(3)13-10/h4-5,8-9,12H,6-7H2,1-3H3. The summed E-state index contributed by atoms with van der Waals surface area (Å²) >= 11 is 0. The Balaban J connectivity index is 2.19. The highest BCUT2D eigenvalue weighted by molar-refractivity contribution is 5.92. The van der Waals surface area contributed by atoms with Crippen molar-refractivity contribution in [2.75, 3.05) is 13.1 Å². The molecule has 1 saturated heterocycles. The zero-order valence-electron chi connectivity index (χ0n) is 9.97. The predicted octanol–water partition coefficient (Wildman–Crippen LogP) is 0.242. The summed E-state index contributed by atoms with van der Waals surface area (Å²) in [7, 11) is 1.82. The maximum Gasteiger partial charge on any atom is 0.274 e. The van der Waals surface area contributed by atoms with Gasteiger partial charge in [-0.15, -0.1) is 0 Å². The maximum atomic E-state index is 12.3. The van der Waals surface area contributed by atoms with Crippen LogP contribution in [-0.4, -0.2) is 45.8 Å². The van der Waals surface area contributed by atoms with Gasteiger partial charge in [0.1, 0.15) is 5.69 Å². The van der Waals surface area contributed by atoms with Gasteiger partial charge in [-0.25, -0.2) is 0 Å². The molecule has 1 fully saturated rings. The van der Waals surface area contributed by atoms with E-state index in [9.17, 15) is 4.79 Å². The lowest BCUT2D eigenvalue weighted by atomic mass is 10.1. The van der Waals surface area contributed by atoms with E-state index in [1.165, 1.54) is 0 Å². The molecule has 5 nitrogen and oxygen atoms in total. The lowest BCUT2D eigenvalue weighted by Crippen LogP contribution is -2.57. The summed E-state index contributed by atoms with van der Waals surface area (Å²) in [5.74, 6) is 0.0297. The van der Waals surface area contributed by atoms with Gasteiger partial charge in [-0.1, -0.05) is 0 Å². The summed E-state index contributed by atoms with van der Waals surface area (Å²) in [4.78, 5) is 14.2. The van der Waals surface area contributed by atoms with Gasteiger partial charge < -0.3 is 10.2 Å². The van der Waals surface area contributed by atoms with Crippen LogP contribution in [0.3, 0.4) is 0 Å². The molecule has 2 unspecified atom stereocenters. The minimum Gasteiger partial charge on any atom is -0.329 e. The first-order valence-corrected chi connectivity index (χ1v) is 5.62.